The molecule has 25 heavy (non-hydrogen) atoms. The summed E-state index contributed by atoms with van der Waals surface area (Å²) >= 11 is 0. The van der Waals surface area contributed by atoms with E-state index in [9.17, 15) is 4.79 Å². The summed E-state index contributed by atoms with van der Waals surface area (Å²) < 4.78 is 12.9. The van der Waals surface area contributed by atoms with Crippen molar-refractivity contribution in [3.8, 4) is 5.75 Å². The maximum Gasteiger partial charge on any atom is 0.290 e. The van der Waals surface area contributed by atoms with Crippen LogP contribution >= 0.6 is 0 Å². The predicted octanol–water partition coefficient (Wildman–Crippen LogP) is 2.06. The highest BCUT2D eigenvalue weighted by molar-refractivity contribution is 5.91. The molecule has 0 N–H and O–H groups in total. The number of hydrogen-bond donors (Lipinski definition) is 0. The second kappa shape index (κ2) is 6.39. The van der Waals surface area contributed by atoms with Gasteiger partial charge in [0.25, 0.3) is 5.91 Å². The fraction of sp³-hybridized carbons (Fsp3) is 0.294. The van der Waals surface area contributed by atoms with Crippen LogP contribution in [0, 0.1) is 0 Å². The van der Waals surface area contributed by atoms with Crippen molar-refractivity contribution in [3.63, 3.8) is 0 Å². The molecular weight excluding hydrogens is 322 g/mol. The molecular formula is C17H17N5O3. The Morgan fingerprint density at radius 3 is 3.00 bits per heavy atom. The molecule has 0 bridgehead atoms. The first kappa shape index (κ1) is 15.4. The van der Waals surface area contributed by atoms with Gasteiger partial charge in [-0.15, -0.1) is 10.2 Å². The van der Waals surface area contributed by atoms with Crippen LogP contribution in [0.15, 0.2) is 47.3 Å². The van der Waals surface area contributed by atoms with Gasteiger partial charge in [0.1, 0.15) is 12.4 Å². The van der Waals surface area contributed by atoms with Crippen LogP contribution in [0.3, 0.4) is 0 Å². The highest BCUT2D eigenvalue weighted by Crippen LogP contribution is 2.26. The molecule has 4 rings (SSSR count). The normalized spacial score (nSPS) is 16.5. The molecule has 3 aromatic rings. The molecule has 1 aliphatic rings. The monoisotopic (exact) mass is 339 g/mol. The summed E-state index contributed by atoms with van der Waals surface area (Å²) in [7, 11) is 0. The summed E-state index contributed by atoms with van der Waals surface area (Å²) in [5.41, 5.74) is 0. The third-order valence-electron chi connectivity index (χ3n) is 4.26. The molecule has 3 aromatic heterocycles. The molecule has 128 valence electrons. The predicted molar refractivity (Wildman–Crippen MR) is 86.8 cm³/mol. The molecule has 0 saturated carbocycles. The molecule has 0 saturated heterocycles. The topological polar surface area (TPSA) is 86.3 Å². The van der Waals surface area contributed by atoms with Gasteiger partial charge in [-0.25, -0.2) is 0 Å². The Morgan fingerprint density at radius 1 is 1.32 bits per heavy atom. The van der Waals surface area contributed by atoms with E-state index in [1.807, 2.05) is 23.6 Å². The lowest BCUT2D eigenvalue weighted by Crippen LogP contribution is -2.41. The van der Waals surface area contributed by atoms with Crippen molar-refractivity contribution in [2.45, 2.75) is 26.1 Å². The fourth-order valence-electron chi connectivity index (χ4n) is 2.95. The lowest BCUT2D eigenvalue weighted by atomic mass is 10.2. The number of fused-ring (bicyclic) bond motifs is 1. The van der Waals surface area contributed by atoms with Crippen molar-refractivity contribution in [2.24, 2.45) is 0 Å². The summed E-state index contributed by atoms with van der Waals surface area (Å²) in [6, 6.07) is 6.84. The smallest absolute Gasteiger partial charge is 0.290 e. The first-order valence-corrected chi connectivity index (χ1v) is 8.03. The minimum Gasteiger partial charge on any atom is -0.484 e. The molecule has 0 spiro atoms. The molecule has 1 atom stereocenters. The van der Waals surface area contributed by atoms with E-state index in [0.717, 1.165) is 11.6 Å². The average Bonchev–Trinajstić information content (AvgIpc) is 3.31. The number of aromatic nitrogens is 4. The lowest BCUT2D eigenvalue weighted by Gasteiger charge is -2.33. The van der Waals surface area contributed by atoms with Crippen LogP contribution in [-0.2, 0) is 13.2 Å². The number of ether oxygens (including phenoxy) is 1. The van der Waals surface area contributed by atoms with Gasteiger partial charge in [0, 0.05) is 19.3 Å². The Kier molecular flexibility index (Phi) is 3.93. The Hall–Kier alpha value is -3.16. The summed E-state index contributed by atoms with van der Waals surface area (Å²) in [6.45, 7) is 3.42. The van der Waals surface area contributed by atoms with E-state index in [4.69, 9.17) is 9.15 Å². The molecule has 8 nitrogen and oxygen atoms in total. The molecule has 1 amide bonds. The minimum absolute atomic E-state index is 0.139. The van der Waals surface area contributed by atoms with Gasteiger partial charge in [-0.1, -0.05) is 0 Å². The van der Waals surface area contributed by atoms with Gasteiger partial charge in [0.05, 0.1) is 18.5 Å². The average molecular weight is 339 g/mol. The molecule has 8 heteroatoms. The quantitative estimate of drug-likeness (QED) is 0.723. The van der Waals surface area contributed by atoms with Crippen molar-refractivity contribution in [1.82, 2.24) is 24.6 Å². The first-order valence-electron chi connectivity index (χ1n) is 8.03. The number of carbonyl (C=O) groups excluding carboxylic acids is 1. The molecule has 0 aliphatic carbocycles. The van der Waals surface area contributed by atoms with Crippen LogP contribution in [0.1, 0.15) is 35.2 Å². The molecule has 1 aliphatic heterocycles. The Bertz CT molecular complexity index is 860. The van der Waals surface area contributed by atoms with Crippen molar-refractivity contribution in [2.75, 3.05) is 6.54 Å². The fourth-order valence-corrected chi connectivity index (χ4v) is 2.95. The zero-order valence-corrected chi connectivity index (χ0v) is 13.7. The van der Waals surface area contributed by atoms with Gasteiger partial charge in [0.15, 0.2) is 17.4 Å². The standard InChI is InChI=1S/C17H17N5O3/c1-12-16-20-19-15(11-25-13-4-2-6-18-10-13)22(16)8-7-21(12)17(23)14-5-3-9-24-14/h2-6,9-10,12H,7-8,11H2,1H3. The Balaban J connectivity index is 1.50. The third kappa shape index (κ3) is 2.86. The van der Waals surface area contributed by atoms with E-state index in [2.05, 4.69) is 15.2 Å². The zero-order chi connectivity index (χ0) is 17.2. The van der Waals surface area contributed by atoms with E-state index in [0.29, 0.717) is 31.2 Å². The lowest BCUT2D eigenvalue weighted by molar-refractivity contribution is 0.0602. The molecule has 0 fully saturated rings. The van der Waals surface area contributed by atoms with Crippen LogP contribution in [0.2, 0.25) is 0 Å². The number of nitrogens with zero attached hydrogens (tertiary/aromatic N) is 5. The van der Waals surface area contributed by atoms with Gasteiger partial charge >= 0.3 is 0 Å². The number of carbonyl (C=O) groups is 1. The zero-order valence-electron chi connectivity index (χ0n) is 13.7. The van der Waals surface area contributed by atoms with Gasteiger partial charge in [-0.3, -0.25) is 9.78 Å². The summed E-state index contributed by atoms with van der Waals surface area (Å²) in [6.07, 6.45) is 4.84. The van der Waals surface area contributed by atoms with Crippen LogP contribution in [0.25, 0.3) is 0 Å². The van der Waals surface area contributed by atoms with Crippen molar-refractivity contribution < 1.29 is 13.9 Å². The number of hydrogen-bond acceptors (Lipinski definition) is 6. The van der Waals surface area contributed by atoms with Crippen LogP contribution in [0.5, 0.6) is 5.75 Å². The Labute approximate surface area is 144 Å². The Morgan fingerprint density at radius 2 is 2.24 bits per heavy atom. The summed E-state index contributed by atoms with van der Waals surface area (Å²) in [5, 5.41) is 8.48. The number of furan rings is 1. The van der Waals surface area contributed by atoms with E-state index in [-0.39, 0.29) is 11.9 Å². The SMILES string of the molecule is CC1c2nnc(COc3cccnc3)n2CCN1C(=O)c1ccco1. The number of pyridine rings is 1. The maximum absolute atomic E-state index is 12.5. The van der Waals surface area contributed by atoms with Crippen LogP contribution in [0.4, 0.5) is 0 Å². The summed E-state index contributed by atoms with van der Waals surface area (Å²) in [5.74, 6) is 2.35. The minimum atomic E-state index is -0.189. The van der Waals surface area contributed by atoms with Crippen LogP contribution < -0.4 is 4.74 Å². The third-order valence-corrected chi connectivity index (χ3v) is 4.26. The van der Waals surface area contributed by atoms with Gasteiger partial charge in [0.2, 0.25) is 0 Å². The number of amides is 1. The van der Waals surface area contributed by atoms with Gasteiger partial charge in [-0.05, 0) is 31.2 Å². The van der Waals surface area contributed by atoms with Crippen molar-refractivity contribution in [1.29, 1.82) is 0 Å². The molecule has 1 unspecified atom stereocenters. The van der Waals surface area contributed by atoms with E-state index in [1.54, 1.807) is 29.4 Å². The van der Waals surface area contributed by atoms with E-state index in [1.165, 1.54) is 6.26 Å². The van der Waals surface area contributed by atoms with Crippen molar-refractivity contribution in [3.05, 3.63) is 60.3 Å². The van der Waals surface area contributed by atoms with Gasteiger partial charge < -0.3 is 18.6 Å². The number of rotatable bonds is 4. The highest BCUT2D eigenvalue weighted by atomic mass is 16.5. The van der Waals surface area contributed by atoms with E-state index < -0.39 is 0 Å². The molecule has 0 radical (unpaired) electrons. The first-order chi connectivity index (χ1) is 12.2. The van der Waals surface area contributed by atoms with E-state index >= 15 is 0 Å². The molecule has 4 heterocycles. The van der Waals surface area contributed by atoms with Crippen LogP contribution in [-0.4, -0.2) is 37.1 Å². The molecule has 0 aromatic carbocycles. The summed E-state index contributed by atoms with van der Waals surface area (Å²) in [4.78, 5) is 18.3. The van der Waals surface area contributed by atoms with Gasteiger partial charge in [-0.2, -0.15) is 0 Å². The maximum atomic E-state index is 12.5. The largest absolute Gasteiger partial charge is 0.484 e. The second-order valence-corrected chi connectivity index (χ2v) is 5.76. The second-order valence-electron chi connectivity index (χ2n) is 5.76. The van der Waals surface area contributed by atoms with Crippen molar-refractivity contribution >= 4 is 5.91 Å². The highest BCUT2D eigenvalue weighted by Gasteiger charge is 2.32.